The van der Waals surface area contributed by atoms with Crippen molar-refractivity contribution in [3.63, 3.8) is 0 Å². The van der Waals surface area contributed by atoms with Gasteiger partial charge in [0, 0.05) is 55.8 Å². The van der Waals surface area contributed by atoms with E-state index in [0.29, 0.717) is 43.3 Å². The highest BCUT2D eigenvalue weighted by molar-refractivity contribution is 5.94. The molecule has 0 bridgehead atoms. The molecule has 0 unspecified atom stereocenters. The van der Waals surface area contributed by atoms with Crippen LogP contribution < -0.4 is 4.90 Å². The molecule has 3 aromatic rings. The third-order valence-electron chi connectivity index (χ3n) is 5.31. The van der Waals surface area contributed by atoms with Crippen molar-refractivity contribution >= 4 is 17.4 Å². The van der Waals surface area contributed by atoms with E-state index >= 15 is 0 Å². The Labute approximate surface area is 175 Å². The normalized spacial score (nSPS) is 14.0. The van der Waals surface area contributed by atoms with Crippen molar-refractivity contribution in [1.82, 2.24) is 15.1 Å². The monoisotopic (exact) mass is 404 g/mol. The van der Waals surface area contributed by atoms with Crippen LogP contribution in [-0.4, -0.2) is 53.0 Å². The van der Waals surface area contributed by atoms with Crippen LogP contribution in [0.5, 0.6) is 0 Å². The van der Waals surface area contributed by atoms with E-state index in [0.717, 1.165) is 24.3 Å². The molecule has 1 amide bonds. The third-order valence-corrected chi connectivity index (χ3v) is 5.31. The van der Waals surface area contributed by atoms with Crippen molar-refractivity contribution in [2.24, 2.45) is 0 Å². The van der Waals surface area contributed by atoms with Crippen LogP contribution in [0.25, 0.3) is 11.5 Å². The molecule has 0 radical (unpaired) electrons. The molecule has 0 atom stereocenters. The molecular formula is C23H24N4O3. The van der Waals surface area contributed by atoms with Gasteiger partial charge in [-0.3, -0.25) is 9.59 Å². The van der Waals surface area contributed by atoms with Gasteiger partial charge in [-0.15, -0.1) is 10.2 Å². The zero-order valence-electron chi connectivity index (χ0n) is 17.0. The number of aryl methyl sites for hydroxylation is 1. The molecule has 1 aliphatic heterocycles. The lowest BCUT2D eigenvalue weighted by Gasteiger charge is -2.36. The quantitative estimate of drug-likeness (QED) is 0.587. The Bertz CT molecular complexity index is 1010. The highest BCUT2D eigenvalue weighted by Gasteiger charge is 2.22. The van der Waals surface area contributed by atoms with E-state index in [9.17, 15) is 9.59 Å². The van der Waals surface area contributed by atoms with Gasteiger partial charge in [-0.1, -0.05) is 18.2 Å². The number of hydrogen-bond donors (Lipinski definition) is 0. The molecule has 0 aliphatic carbocycles. The molecular weight excluding hydrogens is 380 g/mol. The zero-order valence-corrected chi connectivity index (χ0v) is 17.0. The number of aromatic nitrogens is 2. The van der Waals surface area contributed by atoms with E-state index < -0.39 is 0 Å². The molecule has 0 N–H and O–H groups in total. The summed E-state index contributed by atoms with van der Waals surface area (Å²) in [5, 5.41) is 8.13. The van der Waals surface area contributed by atoms with Crippen LogP contribution in [0.1, 0.15) is 29.6 Å². The molecule has 7 nitrogen and oxygen atoms in total. The second-order valence-corrected chi connectivity index (χ2v) is 7.34. The fraction of sp³-hybridized carbons (Fsp3) is 0.304. The van der Waals surface area contributed by atoms with Crippen molar-refractivity contribution < 1.29 is 14.0 Å². The van der Waals surface area contributed by atoms with Gasteiger partial charge in [0.25, 0.3) is 0 Å². The van der Waals surface area contributed by atoms with Gasteiger partial charge in [-0.2, -0.15) is 0 Å². The standard InChI is InChI=1S/C23H24N4O3/c1-17(28)18-7-9-20(10-8-18)26-13-15-27(16-14-26)22(29)12-11-21-24-25-23(30-21)19-5-3-2-4-6-19/h2-10H,11-16H2,1H3. The molecule has 2 heterocycles. The van der Waals surface area contributed by atoms with Crippen LogP contribution in [0.4, 0.5) is 5.69 Å². The Morgan fingerprint density at radius 1 is 0.933 bits per heavy atom. The lowest BCUT2D eigenvalue weighted by atomic mass is 10.1. The third kappa shape index (κ3) is 4.56. The van der Waals surface area contributed by atoms with Crippen LogP contribution in [0.3, 0.4) is 0 Å². The van der Waals surface area contributed by atoms with Crippen LogP contribution in [-0.2, 0) is 11.2 Å². The van der Waals surface area contributed by atoms with Gasteiger partial charge in [-0.05, 0) is 43.3 Å². The molecule has 1 aliphatic rings. The lowest BCUT2D eigenvalue weighted by Crippen LogP contribution is -2.48. The molecule has 30 heavy (non-hydrogen) atoms. The van der Waals surface area contributed by atoms with Crippen molar-refractivity contribution in [2.45, 2.75) is 19.8 Å². The minimum Gasteiger partial charge on any atom is -0.421 e. The fourth-order valence-corrected chi connectivity index (χ4v) is 3.55. The number of Topliss-reactive ketones (excluding diaryl/α,β-unsaturated/α-hetero) is 1. The molecule has 2 aromatic carbocycles. The Morgan fingerprint density at radius 2 is 1.63 bits per heavy atom. The smallest absolute Gasteiger partial charge is 0.247 e. The predicted octanol–water partition coefficient (Wildman–Crippen LogP) is 3.22. The summed E-state index contributed by atoms with van der Waals surface area (Å²) < 4.78 is 5.68. The van der Waals surface area contributed by atoms with Gasteiger partial charge < -0.3 is 14.2 Å². The van der Waals surface area contributed by atoms with Crippen LogP contribution >= 0.6 is 0 Å². The van der Waals surface area contributed by atoms with Crippen LogP contribution in [0.2, 0.25) is 0 Å². The Morgan fingerprint density at radius 3 is 2.30 bits per heavy atom. The van der Waals surface area contributed by atoms with E-state index in [1.165, 1.54) is 0 Å². The minimum absolute atomic E-state index is 0.0640. The summed E-state index contributed by atoms with van der Waals surface area (Å²) in [5.74, 6) is 1.11. The number of rotatable bonds is 6. The maximum absolute atomic E-state index is 12.6. The number of hydrogen-bond acceptors (Lipinski definition) is 6. The first-order chi connectivity index (χ1) is 14.6. The predicted molar refractivity (Wildman–Crippen MR) is 113 cm³/mol. The number of benzene rings is 2. The van der Waals surface area contributed by atoms with E-state index in [1.807, 2.05) is 59.5 Å². The molecule has 0 spiro atoms. The molecule has 4 rings (SSSR count). The Kier molecular flexibility index (Phi) is 5.88. The van der Waals surface area contributed by atoms with Crippen LogP contribution in [0.15, 0.2) is 59.0 Å². The fourth-order valence-electron chi connectivity index (χ4n) is 3.55. The average molecular weight is 404 g/mol. The van der Waals surface area contributed by atoms with E-state index in [-0.39, 0.29) is 11.7 Å². The molecule has 154 valence electrons. The number of piperazine rings is 1. The van der Waals surface area contributed by atoms with Crippen LogP contribution in [0, 0.1) is 0 Å². The van der Waals surface area contributed by atoms with E-state index in [1.54, 1.807) is 6.92 Å². The summed E-state index contributed by atoms with van der Waals surface area (Å²) in [6.07, 6.45) is 0.787. The summed E-state index contributed by atoms with van der Waals surface area (Å²) >= 11 is 0. The second kappa shape index (κ2) is 8.90. The molecule has 1 fully saturated rings. The van der Waals surface area contributed by atoms with Gasteiger partial charge in [0.15, 0.2) is 5.78 Å². The average Bonchev–Trinajstić information content (AvgIpc) is 3.27. The number of carbonyl (C=O) groups excluding carboxylic acids is 2. The van der Waals surface area contributed by atoms with Gasteiger partial charge in [-0.25, -0.2) is 0 Å². The largest absolute Gasteiger partial charge is 0.421 e. The van der Waals surface area contributed by atoms with Gasteiger partial charge in [0.1, 0.15) is 0 Å². The summed E-state index contributed by atoms with van der Waals surface area (Å²) in [4.78, 5) is 28.1. The van der Waals surface area contributed by atoms with E-state index in [2.05, 4.69) is 15.1 Å². The maximum Gasteiger partial charge on any atom is 0.247 e. The molecule has 7 heteroatoms. The van der Waals surface area contributed by atoms with E-state index in [4.69, 9.17) is 4.42 Å². The summed E-state index contributed by atoms with van der Waals surface area (Å²) in [6, 6.07) is 17.2. The first kappa shape index (κ1) is 19.8. The number of ketones is 1. The number of amides is 1. The highest BCUT2D eigenvalue weighted by atomic mass is 16.4. The van der Waals surface area contributed by atoms with Crippen molar-refractivity contribution in [3.05, 3.63) is 66.1 Å². The summed E-state index contributed by atoms with van der Waals surface area (Å²) in [5.41, 5.74) is 2.66. The second-order valence-electron chi connectivity index (χ2n) is 7.34. The first-order valence-corrected chi connectivity index (χ1v) is 10.1. The highest BCUT2D eigenvalue weighted by Crippen LogP contribution is 2.19. The molecule has 1 saturated heterocycles. The molecule has 1 aromatic heterocycles. The topological polar surface area (TPSA) is 79.5 Å². The Balaban J connectivity index is 1.26. The summed E-state index contributed by atoms with van der Waals surface area (Å²) in [7, 11) is 0. The van der Waals surface area contributed by atoms with Gasteiger partial charge >= 0.3 is 0 Å². The minimum atomic E-state index is 0.0640. The Hall–Kier alpha value is -3.48. The number of nitrogens with zero attached hydrogens (tertiary/aromatic N) is 4. The van der Waals surface area contributed by atoms with Crippen molar-refractivity contribution in [2.75, 3.05) is 31.1 Å². The van der Waals surface area contributed by atoms with Gasteiger partial charge in [0.2, 0.25) is 17.7 Å². The zero-order chi connectivity index (χ0) is 20.9. The number of carbonyl (C=O) groups is 2. The SMILES string of the molecule is CC(=O)c1ccc(N2CCN(C(=O)CCc3nnc(-c4ccccc4)o3)CC2)cc1. The number of anilines is 1. The first-order valence-electron chi connectivity index (χ1n) is 10.1. The maximum atomic E-state index is 12.6. The molecule has 0 saturated carbocycles. The summed E-state index contributed by atoms with van der Waals surface area (Å²) in [6.45, 7) is 4.45. The lowest BCUT2D eigenvalue weighted by molar-refractivity contribution is -0.131. The van der Waals surface area contributed by atoms with Gasteiger partial charge in [0.05, 0.1) is 0 Å². The van der Waals surface area contributed by atoms with Crippen molar-refractivity contribution in [3.8, 4) is 11.5 Å². The van der Waals surface area contributed by atoms with Crippen molar-refractivity contribution in [1.29, 1.82) is 0 Å².